The monoisotopic (exact) mass is 303 g/mol. The molecule has 1 amide bonds. The van der Waals surface area contributed by atoms with Gasteiger partial charge in [-0.1, -0.05) is 0 Å². The van der Waals surface area contributed by atoms with Crippen LogP contribution in [0.2, 0.25) is 0 Å². The number of hydrogen-bond acceptors (Lipinski definition) is 5. The van der Waals surface area contributed by atoms with E-state index in [2.05, 4.69) is 9.97 Å². The van der Waals surface area contributed by atoms with Crippen LogP contribution in [0.3, 0.4) is 0 Å². The van der Waals surface area contributed by atoms with Gasteiger partial charge in [0.1, 0.15) is 5.69 Å². The Morgan fingerprint density at radius 1 is 1.38 bits per heavy atom. The van der Waals surface area contributed by atoms with Crippen molar-refractivity contribution in [3.63, 3.8) is 0 Å². The average Bonchev–Trinajstić information content (AvgIpc) is 2.45. The molecule has 2 rings (SSSR count). The predicted molar refractivity (Wildman–Crippen MR) is 69.4 cm³/mol. The van der Waals surface area contributed by atoms with Crippen LogP contribution in [0.1, 0.15) is 29.0 Å². The Morgan fingerprint density at radius 2 is 2.00 bits per heavy atom. The Morgan fingerprint density at radius 3 is 2.52 bits per heavy atom. The molecule has 1 aliphatic heterocycles. The summed E-state index contributed by atoms with van der Waals surface area (Å²) in [4.78, 5) is 21.4. The van der Waals surface area contributed by atoms with E-state index in [9.17, 15) is 18.0 Å². The molecule has 0 unspecified atom stereocenters. The lowest BCUT2D eigenvalue weighted by atomic mass is 9.96. The molecule has 0 aromatic carbocycles. The summed E-state index contributed by atoms with van der Waals surface area (Å²) in [7, 11) is 0. The Labute approximate surface area is 119 Å². The maximum Gasteiger partial charge on any atom is 0.391 e. The van der Waals surface area contributed by atoms with E-state index in [-0.39, 0.29) is 37.6 Å². The molecule has 1 saturated heterocycles. The SMILES string of the molecule is Cc1cc(C(=O)NN)nc(N2CCC(C(F)(F)F)CC2)n1. The summed E-state index contributed by atoms with van der Waals surface area (Å²) in [6, 6.07) is 1.47. The van der Waals surface area contributed by atoms with E-state index in [1.807, 2.05) is 5.43 Å². The van der Waals surface area contributed by atoms with Crippen molar-refractivity contribution in [3.8, 4) is 0 Å². The molecule has 1 aromatic heterocycles. The smallest absolute Gasteiger partial charge is 0.341 e. The van der Waals surface area contributed by atoms with E-state index in [0.717, 1.165) is 0 Å². The largest absolute Gasteiger partial charge is 0.391 e. The third-order valence-electron chi connectivity index (χ3n) is 3.45. The number of aromatic nitrogens is 2. The number of nitrogen functional groups attached to an aromatic ring is 1. The summed E-state index contributed by atoms with van der Waals surface area (Å²) in [6.07, 6.45) is -4.16. The molecule has 6 nitrogen and oxygen atoms in total. The van der Waals surface area contributed by atoms with Crippen LogP contribution in [0.5, 0.6) is 0 Å². The summed E-state index contributed by atoms with van der Waals surface area (Å²) < 4.78 is 37.9. The number of alkyl halides is 3. The number of carbonyl (C=O) groups excluding carboxylic acids is 1. The zero-order valence-electron chi connectivity index (χ0n) is 11.4. The Hall–Kier alpha value is -1.90. The van der Waals surface area contributed by atoms with E-state index in [1.54, 1.807) is 11.8 Å². The molecule has 21 heavy (non-hydrogen) atoms. The van der Waals surface area contributed by atoms with Crippen molar-refractivity contribution < 1.29 is 18.0 Å². The summed E-state index contributed by atoms with van der Waals surface area (Å²) in [5, 5.41) is 0. The molecular formula is C12H16F3N5O. The van der Waals surface area contributed by atoms with Crippen LogP contribution < -0.4 is 16.2 Å². The minimum Gasteiger partial charge on any atom is -0.341 e. The molecule has 116 valence electrons. The fourth-order valence-corrected chi connectivity index (χ4v) is 2.29. The van der Waals surface area contributed by atoms with Crippen LogP contribution in [0.25, 0.3) is 0 Å². The third-order valence-corrected chi connectivity index (χ3v) is 3.45. The first-order valence-corrected chi connectivity index (χ1v) is 6.49. The van der Waals surface area contributed by atoms with Crippen LogP contribution >= 0.6 is 0 Å². The molecule has 1 aromatic rings. The van der Waals surface area contributed by atoms with Crippen LogP contribution in [-0.4, -0.2) is 35.1 Å². The van der Waals surface area contributed by atoms with Crippen molar-refractivity contribution in [2.75, 3.05) is 18.0 Å². The number of nitrogens with zero attached hydrogens (tertiary/aromatic N) is 3. The van der Waals surface area contributed by atoms with Gasteiger partial charge < -0.3 is 4.90 Å². The number of carbonyl (C=O) groups is 1. The molecule has 0 saturated carbocycles. The molecule has 1 aliphatic rings. The van der Waals surface area contributed by atoms with Gasteiger partial charge in [0, 0.05) is 18.8 Å². The number of halogens is 3. The lowest BCUT2D eigenvalue weighted by Gasteiger charge is -2.33. The van der Waals surface area contributed by atoms with E-state index in [4.69, 9.17) is 5.84 Å². The molecule has 0 spiro atoms. The van der Waals surface area contributed by atoms with E-state index >= 15 is 0 Å². The summed E-state index contributed by atoms with van der Waals surface area (Å²) in [5.41, 5.74) is 2.62. The number of hydrogen-bond donors (Lipinski definition) is 2. The highest BCUT2D eigenvalue weighted by molar-refractivity contribution is 5.92. The number of hydrazine groups is 1. The van der Waals surface area contributed by atoms with Gasteiger partial charge >= 0.3 is 6.18 Å². The third kappa shape index (κ3) is 3.60. The zero-order valence-corrected chi connectivity index (χ0v) is 11.4. The first kappa shape index (κ1) is 15.5. The van der Waals surface area contributed by atoms with Crippen LogP contribution in [-0.2, 0) is 0 Å². The molecule has 3 N–H and O–H groups in total. The van der Waals surface area contributed by atoms with Crippen molar-refractivity contribution in [2.24, 2.45) is 11.8 Å². The summed E-state index contributed by atoms with van der Waals surface area (Å²) in [6.45, 7) is 2.09. The molecule has 0 aliphatic carbocycles. The Balaban J connectivity index is 2.13. The van der Waals surface area contributed by atoms with Crippen molar-refractivity contribution in [2.45, 2.75) is 25.9 Å². The minimum absolute atomic E-state index is 0.000773. The number of piperidine rings is 1. The van der Waals surface area contributed by atoms with Gasteiger partial charge in [0.15, 0.2) is 0 Å². The van der Waals surface area contributed by atoms with Crippen molar-refractivity contribution in [3.05, 3.63) is 17.5 Å². The van der Waals surface area contributed by atoms with Crippen LogP contribution in [0.4, 0.5) is 19.1 Å². The maximum absolute atomic E-state index is 12.6. The lowest BCUT2D eigenvalue weighted by Crippen LogP contribution is -2.40. The normalized spacial score (nSPS) is 16.9. The van der Waals surface area contributed by atoms with Gasteiger partial charge in [-0.2, -0.15) is 13.2 Å². The van der Waals surface area contributed by atoms with Crippen molar-refractivity contribution in [1.82, 2.24) is 15.4 Å². The van der Waals surface area contributed by atoms with Gasteiger partial charge in [-0.3, -0.25) is 10.2 Å². The number of nitrogens with two attached hydrogens (primary N) is 1. The standard InChI is InChI=1S/C12H16F3N5O/c1-7-6-9(10(21)19-16)18-11(17-7)20-4-2-8(3-5-20)12(13,14)15/h6,8H,2-5,16H2,1H3,(H,19,21). The maximum atomic E-state index is 12.6. The first-order valence-electron chi connectivity index (χ1n) is 6.49. The molecule has 2 heterocycles. The lowest BCUT2D eigenvalue weighted by molar-refractivity contribution is -0.179. The van der Waals surface area contributed by atoms with Gasteiger partial charge in [-0.15, -0.1) is 0 Å². The minimum atomic E-state index is -4.16. The fourth-order valence-electron chi connectivity index (χ4n) is 2.29. The zero-order chi connectivity index (χ0) is 15.6. The van der Waals surface area contributed by atoms with Gasteiger partial charge in [0.2, 0.25) is 5.95 Å². The second-order valence-corrected chi connectivity index (χ2v) is 4.97. The highest BCUT2D eigenvalue weighted by Gasteiger charge is 2.41. The van der Waals surface area contributed by atoms with Gasteiger partial charge in [0.05, 0.1) is 5.92 Å². The molecule has 0 atom stereocenters. The van der Waals surface area contributed by atoms with Crippen molar-refractivity contribution >= 4 is 11.9 Å². The molecule has 0 radical (unpaired) electrons. The molecule has 0 bridgehead atoms. The van der Waals surface area contributed by atoms with E-state index < -0.39 is 18.0 Å². The second kappa shape index (κ2) is 5.84. The number of anilines is 1. The summed E-state index contributed by atoms with van der Waals surface area (Å²) >= 11 is 0. The van der Waals surface area contributed by atoms with Gasteiger partial charge in [-0.05, 0) is 25.8 Å². The van der Waals surface area contributed by atoms with E-state index in [0.29, 0.717) is 5.69 Å². The van der Waals surface area contributed by atoms with E-state index in [1.165, 1.54) is 6.07 Å². The predicted octanol–water partition coefficient (Wildman–Crippen LogP) is 1.17. The number of amides is 1. The van der Waals surface area contributed by atoms with Gasteiger partial charge in [-0.25, -0.2) is 15.8 Å². The Bertz CT molecular complexity index is 526. The fraction of sp³-hybridized carbons (Fsp3) is 0.583. The molecule has 9 heteroatoms. The number of nitrogens with one attached hydrogen (secondary N) is 1. The van der Waals surface area contributed by atoms with Gasteiger partial charge in [0.25, 0.3) is 5.91 Å². The van der Waals surface area contributed by atoms with Crippen molar-refractivity contribution in [1.29, 1.82) is 0 Å². The second-order valence-electron chi connectivity index (χ2n) is 4.97. The highest BCUT2D eigenvalue weighted by Crippen LogP contribution is 2.34. The van der Waals surface area contributed by atoms with Crippen LogP contribution in [0.15, 0.2) is 6.07 Å². The number of aryl methyl sites for hydroxylation is 1. The summed E-state index contributed by atoms with van der Waals surface area (Å²) in [5.74, 6) is 3.46. The topological polar surface area (TPSA) is 84.1 Å². The highest BCUT2D eigenvalue weighted by atomic mass is 19.4. The quantitative estimate of drug-likeness (QED) is 0.487. The molecule has 1 fully saturated rings. The number of rotatable bonds is 2. The average molecular weight is 303 g/mol. The van der Waals surface area contributed by atoms with Crippen LogP contribution in [0, 0.1) is 12.8 Å². The molecular weight excluding hydrogens is 287 g/mol. The first-order chi connectivity index (χ1) is 9.81. The Kier molecular flexibility index (Phi) is 4.31.